The average molecular weight is 1110 g/mol. The third kappa shape index (κ3) is 8.25. The maximum Gasteiger partial charge on any atom is 0.0713 e. The van der Waals surface area contributed by atoms with Gasteiger partial charge >= 0.3 is 0 Å². The molecule has 16 aromatic rings. The first-order chi connectivity index (χ1) is 43.1. The molecule has 0 spiro atoms. The molecular formula is C85H56N2. The van der Waals surface area contributed by atoms with Crippen molar-refractivity contribution >= 4 is 43.6 Å². The number of hydrogen-bond donors (Lipinski definition) is 0. The number of para-hydroxylation sites is 2. The molecular weight excluding hydrogens is 1050 g/mol. The highest BCUT2D eigenvalue weighted by Crippen LogP contribution is 2.56. The van der Waals surface area contributed by atoms with Gasteiger partial charge in [0.1, 0.15) is 0 Å². The zero-order valence-corrected chi connectivity index (χ0v) is 47.7. The number of hydrogen-bond acceptors (Lipinski definition) is 0. The predicted molar refractivity (Wildman–Crippen MR) is 365 cm³/mol. The van der Waals surface area contributed by atoms with E-state index in [1.54, 1.807) is 0 Å². The minimum Gasteiger partial charge on any atom is -0.309 e. The summed E-state index contributed by atoms with van der Waals surface area (Å²) in [6, 6.07) is 126. The van der Waals surface area contributed by atoms with Crippen LogP contribution in [0.15, 0.2) is 340 Å². The van der Waals surface area contributed by atoms with Crippen LogP contribution >= 0.6 is 0 Å². The van der Waals surface area contributed by atoms with E-state index in [0.29, 0.717) is 0 Å². The van der Waals surface area contributed by atoms with E-state index < -0.39 is 5.41 Å². The van der Waals surface area contributed by atoms with Crippen molar-refractivity contribution < 1.29 is 0 Å². The molecule has 2 nitrogen and oxygen atoms in total. The van der Waals surface area contributed by atoms with Crippen molar-refractivity contribution in [1.82, 2.24) is 9.13 Å². The second-order valence-electron chi connectivity index (χ2n) is 23.2. The number of fused-ring (bicyclic) bond motifs is 9. The summed E-state index contributed by atoms with van der Waals surface area (Å²) in [6.07, 6.45) is 0. The van der Waals surface area contributed by atoms with Crippen molar-refractivity contribution in [3.05, 3.63) is 362 Å². The van der Waals surface area contributed by atoms with Crippen LogP contribution in [-0.2, 0) is 5.41 Å². The van der Waals surface area contributed by atoms with Gasteiger partial charge in [0.15, 0.2) is 0 Å². The van der Waals surface area contributed by atoms with Gasteiger partial charge in [-0.3, -0.25) is 0 Å². The van der Waals surface area contributed by atoms with Crippen molar-refractivity contribution in [2.75, 3.05) is 0 Å². The smallest absolute Gasteiger partial charge is 0.0713 e. The molecule has 14 aromatic carbocycles. The summed E-state index contributed by atoms with van der Waals surface area (Å²) in [4.78, 5) is 0. The Labute approximate surface area is 506 Å². The fourth-order valence-electron chi connectivity index (χ4n) is 14.4. The number of aromatic nitrogens is 2. The van der Waals surface area contributed by atoms with Gasteiger partial charge in [0.25, 0.3) is 0 Å². The van der Waals surface area contributed by atoms with Crippen molar-refractivity contribution in [2.24, 2.45) is 0 Å². The Kier molecular flexibility index (Phi) is 11.8. The Hall–Kier alpha value is -11.3. The van der Waals surface area contributed by atoms with Crippen molar-refractivity contribution in [3.8, 4) is 89.3 Å². The maximum atomic E-state index is 2.43. The zero-order valence-electron chi connectivity index (χ0n) is 47.7. The summed E-state index contributed by atoms with van der Waals surface area (Å²) >= 11 is 0. The fourth-order valence-corrected chi connectivity index (χ4v) is 14.4. The maximum absolute atomic E-state index is 2.43. The highest BCUT2D eigenvalue weighted by Gasteiger charge is 2.46. The predicted octanol–water partition coefficient (Wildman–Crippen LogP) is 22.2. The third-order valence-electron chi connectivity index (χ3n) is 18.4. The second-order valence-corrected chi connectivity index (χ2v) is 23.2. The van der Waals surface area contributed by atoms with Gasteiger partial charge in [-0.05, 0) is 173 Å². The summed E-state index contributed by atoms with van der Waals surface area (Å²) in [5.74, 6) is 0. The molecule has 17 rings (SSSR count). The molecule has 2 heteroatoms. The van der Waals surface area contributed by atoms with Crippen LogP contribution in [0.3, 0.4) is 0 Å². The van der Waals surface area contributed by atoms with Crippen molar-refractivity contribution in [1.29, 1.82) is 0 Å². The van der Waals surface area contributed by atoms with Gasteiger partial charge in [-0.2, -0.15) is 0 Å². The first-order valence-corrected chi connectivity index (χ1v) is 30.1. The lowest BCUT2D eigenvalue weighted by atomic mass is 9.67. The summed E-state index contributed by atoms with van der Waals surface area (Å²) in [5, 5.41) is 4.96. The average Bonchev–Trinajstić information content (AvgIpc) is 1.66. The number of rotatable bonds is 10. The molecule has 0 N–H and O–H groups in total. The lowest BCUT2D eigenvalue weighted by Crippen LogP contribution is -2.28. The molecule has 0 fully saturated rings. The monoisotopic (exact) mass is 1100 g/mol. The summed E-state index contributed by atoms with van der Waals surface area (Å²) in [7, 11) is 0. The van der Waals surface area contributed by atoms with E-state index in [9.17, 15) is 0 Å². The molecule has 1 aliphatic carbocycles. The molecule has 0 saturated heterocycles. The van der Waals surface area contributed by atoms with Gasteiger partial charge in [0, 0.05) is 32.9 Å². The van der Waals surface area contributed by atoms with E-state index in [2.05, 4.69) is 349 Å². The highest BCUT2D eigenvalue weighted by atomic mass is 15.0. The van der Waals surface area contributed by atoms with Crippen LogP contribution in [0.25, 0.3) is 133 Å². The van der Waals surface area contributed by atoms with Gasteiger partial charge < -0.3 is 9.13 Å². The summed E-state index contributed by atoms with van der Waals surface area (Å²) in [6.45, 7) is 0. The van der Waals surface area contributed by atoms with Crippen LogP contribution in [0.1, 0.15) is 22.3 Å². The van der Waals surface area contributed by atoms with E-state index in [4.69, 9.17) is 0 Å². The van der Waals surface area contributed by atoms with Crippen LogP contribution in [0.4, 0.5) is 0 Å². The molecule has 0 unspecified atom stereocenters. The van der Waals surface area contributed by atoms with Crippen molar-refractivity contribution in [3.63, 3.8) is 0 Å². The van der Waals surface area contributed by atoms with Gasteiger partial charge in [-0.15, -0.1) is 0 Å². The van der Waals surface area contributed by atoms with E-state index in [0.717, 1.165) is 11.4 Å². The summed E-state index contributed by atoms with van der Waals surface area (Å²) in [5.41, 5.74) is 28.6. The lowest BCUT2D eigenvalue weighted by Gasteiger charge is -2.34. The van der Waals surface area contributed by atoms with Gasteiger partial charge in [0.2, 0.25) is 0 Å². The Balaban J connectivity index is 0.682. The molecule has 0 bridgehead atoms. The Morgan fingerprint density at radius 2 is 0.540 bits per heavy atom. The molecule has 0 aliphatic heterocycles. The van der Waals surface area contributed by atoms with Gasteiger partial charge in [-0.1, -0.05) is 267 Å². The largest absolute Gasteiger partial charge is 0.309 e. The first-order valence-electron chi connectivity index (χ1n) is 30.1. The second kappa shape index (κ2) is 20.5. The lowest BCUT2D eigenvalue weighted by molar-refractivity contribution is 0.769. The number of nitrogens with zero attached hydrogens (tertiary/aromatic N) is 2. The SMILES string of the molecule is c1ccc(-c2cccc(-c3ccc(C4(c5cccc(-c6ccc(-c7ccc(-n8c9ccccc9c9cc(-c%10ccc%11c(c%10)c%10ccccc%10n%11-c%10cccc(-c%11ccccc%11)c%10)ccc98)cc7)cc6)c5)c5ccccc5-c5ccccc54)cc3)c2)cc1. The number of benzene rings is 14. The molecule has 1 aliphatic rings. The normalized spacial score (nSPS) is 12.5. The minimum absolute atomic E-state index is 0.523. The minimum atomic E-state index is -0.523. The Morgan fingerprint density at radius 1 is 0.184 bits per heavy atom. The Bertz CT molecular complexity index is 5250. The Morgan fingerprint density at radius 3 is 1.09 bits per heavy atom. The van der Waals surface area contributed by atoms with Crippen LogP contribution in [0, 0.1) is 0 Å². The molecule has 0 saturated carbocycles. The highest BCUT2D eigenvalue weighted by molar-refractivity contribution is 6.13. The van der Waals surface area contributed by atoms with Crippen molar-refractivity contribution in [2.45, 2.75) is 5.41 Å². The standard InChI is InChI=1S/C85H56N2/c1-3-18-57(19-4-1)63-22-15-23-64(52-63)62-40-46-69(47-41-62)85(79-32-11-7-28-73(79)74-29-8-12-33-80(74)85)70-26-16-24-65(53-70)61-38-36-59(37-39-61)60-42-48-71(49-43-60)86-81-34-13-9-30-75(81)77-55-67(44-50-83(77)86)68-45-51-84-78(56-68)76-31-10-14-35-82(76)87(84)72-27-17-25-66(54-72)58-20-5-2-6-21-58/h1-56H. The van der Waals surface area contributed by atoms with E-state index >= 15 is 0 Å². The third-order valence-corrected chi connectivity index (χ3v) is 18.4. The van der Waals surface area contributed by atoms with E-state index in [-0.39, 0.29) is 0 Å². The van der Waals surface area contributed by atoms with Gasteiger partial charge in [0.05, 0.1) is 27.5 Å². The summed E-state index contributed by atoms with van der Waals surface area (Å²) < 4.78 is 4.83. The van der Waals surface area contributed by atoms with Gasteiger partial charge in [-0.25, -0.2) is 0 Å². The molecule has 2 heterocycles. The van der Waals surface area contributed by atoms with Crippen LogP contribution < -0.4 is 0 Å². The van der Waals surface area contributed by atoms with Crippen LogP contribution in [-0.4, -0.2) is 9.13 Å². The fraction of sp³-hybridized carbons (Fsp3) is 0.0118. The van der Waals surface area contributed by atoms with E-state index in [1.165, 1.54) is 144 Å². The van der Waals surface area contributed by atoms with E-state index in [1.807, 2.05) is 0 Å². The van der Waals surface area contributed by atoms with Crippen LogP contribution in [0.2, 0.25) is 0 Å². The molecule has 406 valence electrons. The molecule has 0 radical (unpaired) electrons. The topological polar surface area (TPSA) is 9.86 Å². The molecule has 0 amide bonds. The molecule has 0 atom stereocenters. The first kappa shape index (κ1) is 50.2. The quantitative estimate of drug-likeness (QED) is 0.129. The molecule has 87 heavy (non-hydrogen) atoms. The van der Waals surface area contributed by atoms with Crippen LogP contribution in [0.5, 0.6) is 0 Å². The molecule has 2 aromatic heterocycles. The zero-order chi connectivity index (χ0) is 57.4.